The summed E-state index contributed by atoms with van der Waals surface area (Å²) in [6.07, 6.45) is 2.53. The number of ether oxygens (including phenoxy) is 2. The Kier molecular flexibility index (Phi) is 7.20. The Balaban J connectivity index is 1.43. The number of carbonyl (C=O) groups excluding carboxylic acids is 2. The number of rotatable bonds is 7. The fourth-order valence-electron chi connectivity index (χ4n) is 3.85. The minimum absolute atomic E-state index is 0.0312. The number of carbonyl (C=O) groups is 2. The lowest BCUT2D eigenvalue weighted by atomic mass is 9.89. The van der Waals surface area contributed by atoms with Crippen molar-refractivity contribution >= 4 is 11.8 Å². The van der Waals surface area contributed by atoms with Crippen LogP contribution in [0.4, 0.5) is 0 Å². The van der Waals surface area contributed by atoms with Crippen LogP contribution in [0.5, 0.6) is 0 Å². The number of benzene rings is 1. The van der Waals surface area contributed by atoms with Crippen LogP contribution < -0.4 is 11.1 Å². The maximum Gasteiger partial charge on any atom is 0.243 e. The number of nitrogens with one attached hydrogen (secondary N) is 1. The molecule has 0 spiro atoms. The topological polar surface area (TPSA) is 93.9 Å². The lowest BCUT2D eigenvalue weighted by molar-refractivity contribution is -0.132. The van der Waals surface area contributed by atoms with E-state index in [2.05, 4.69) is 34.5 Å². The Bertz CT molecular complexity index is 617. The number of likely N-dealkylation sites (tertiary alicyclic amines) is 1. The molecule has 2 aliphatic rings. The predicted octanol–water partition coefficient (Wildman–Crippen LogP) is 0.642. The zero-order valence-corrected chi connectivity index (χ0v) is 15.6. The predicted molar refractivity (Wildman–Crippen MR) is 101 cm³/mol. The van der Waals surface area contributed by atoms with E-state index in [1.165, 1.54) is 5.56 Å². The molecule has 2 saturated heterocycles. The van der Waals surface area contributed by atoms with Gasteiger partial charge in [0.2, 0.25) is 11.8 Å². The van der Waals surface area contributed by atoms with E-state index in [-0.39, 0.29) is 24.7 Å². The van der Waals surface area contributed by atoms with Crippen LogP contribution in [0.2, 0.25) is 0 Å². The normalized spacial score (nSPS) is 24.4. The maximum atomic E-state index is 12.5. The molecule has 7 nitrogen and oxygen atoms in total. The van der Waals surface area contributed by atoms with E-state index in [1.54, 1.807) is 0 Å². The first kappa shape index (κ1) is 19.8. The minimum Gasteiger partial charge on any atom is -0.379 e. The van der Waals surface area contributed by atoms with Crippen LogP contribution in [-0.4, -0.2) is 68.3 Å². The quantitative estimate of drug-likeness (QED) is 0.730. The second kappa shape index (κ2) is 9.82. The van der Waals surface area contributed by atoms with Gasteiger partial charge in [-0.1, -0.05) is 30.3 Å². The third kappa shape index (κ3) is 6.02. The zero-order chi connectivity index (χ0) is 19.1. The van der Waals surface area contributed by atoms with Crippen molar-refractivity contribution in [2.24, 2.45) is 5.73 Å². The van der Waals surface area contributed by atoms with Gasteiger partial charge < -0.3 is 20.5 Å². The van der Waals surface area contributed by atoms with Crippen LogP contribution in [0.25, 0.3) is 0 Å². The van der Waals surface area contributed by atoms with Gasteiger partial charge in [-0.15, -0.1) is 0 Å². The number of amides is 2. The average molecular weight is 375 g/mol. The van der Waals surface area contributed by atoms with Gasteiger partial charge in [0.15, 0.2) is 0 Å². The Hall–Kier alpha value is -1.96. The van der Waals surface area contributed by atoms with Crippen molar-refractivity contribution in [3.8, 4) is 0 Å². The van der Waals surface area contributed by atoms with Gasteiger partial charge in [-0.3, -0.25) is 14.5 Å². The first-order chi connectivity index (χ1) is 13.1. The molecule has 0 aromatic heterocycles. The fourth-order valence-corrected chi connectivity index (χ4v) is 3.85. The van der Waals surface area contributed by atoms with E-state index in [0.717, 1.165) is 25.9 Å². The smallest absolute Gasteiger partial charge is 0.243 e. The Morgan fingerprint density at radius 2 is 1.93 bits per heavy atom. The lowest BCUT2D eigenvalue weighted by Gasteiger charge is -2.34. The molecule has 3 N–H and O–H groups in total. The summed E-state index contributed by atoms with van der Waals surface area (Å²) < 4.78 is 11.0. The summed E-state index contributed by atoms with van der Waals surface area (Å²) in [4.78, 5) is 25.6. The standard InChI is InChI=1S/C20H29N3O4/c21-19(24)14-27-18-8-11-26-13-17(18)22-20(25)12-23-9-6-16(7-10-23)15-4-2-1-3-5-15/h1-5,16-18H,6-14H2,(H2,21,24)(H,22,25)/t17-,18+/m1/s1. The minimum atomic E-state index is -0.507. The second-order valence-electron chi connectivity index (χ2n) is 7.31. The van der Waals surface area contributed by atoms with E-state index >= 15 is 0 Å². The van der Waals surface area contributed by atoms with Gasteiger partial charge >= 0.3 is 0 Å². The van der Waals surface area contributed by atoms with Crippen LogP contribution >= 0.6 is 0 Å². The Morgan fingerprint density at radius 3 is 2.63 bits per heavy atom. The number of primary amides is 1. The molecule has 2 heterocycles. The summed E-state index contributed by atoms with van der Waals surface area (Å²) >= 11 is 0. The van der Waals surface area contributed by atoms with Crippen molar-refractivity contribution in [1.82, 2.24) is 10.2 Å². The Labute approximate surface area is 160 Å². The molecule has 1 aromatic carbocycles. The molecule has 7 heteroatoms. The first-order valence-corrected chi connectivity index (χ1v) is 9.66. The number of nitrogens with zero attached hydrogens (tertiary/aromatic N) is 1. The molecular formula is C20H29N3O4. The number of hydrogen-bond acceptors (Lipinski definition) is 5. The van der Waals surface area contributed by atoms with Crippen molar-refractivity contribution in [2.45, 2.75) is 37.3 Å². The largest absolute Gasteiger partial charge is 0.379 e. The monoisotopic (exact) mass is 375 g/mol. The van der Waals surface area contributed by atoms with Crippen molar-refractivity contribution in [1.29, 1.82) is 0 Å². The van der Waals surface area contributed by atoms with E-state index < -0.39 is 5.91 Å². The fraction of sp³-hybridized carbons (Fsp3) is 0.600. The third-order valence-electron chi connectivity index (χ3n) is 5.30. The van der Waals surface area contributed by atoms with Gasteiger partial charge in [0.1, 0.15) is 6.61 Å². The van der Waals surface area contributed by atoms with Gasteiger partial charge in [0, 0.05) is 6.61 Å². The van der Waals surface area contributed by atoms with Crippen molar-refractivity contribution in [3.63, 3.8) is 0 Å². The number of piperidine rings is 1. The van der Waals surface area contributed by atoms with Gasteiger partial charge in [-0.25, -0.2) is 0 Å². The third-order valence-corrected chi connectivity index (χ3v) is 5.30. The molecule has 0 aliphatic carbocycles. The molecule has 0 radical (unpaired) electrons. The molecule has 0 saturated carbocycles. The van der Waals surface area contributed by atoms with Crippen molar-refractivity contribution in [3.05, 3.63) is 35.9 Å². The van der Waals surface area contributed by atoms with E-state index in [4.69, 9.17) is 15.2 Å². The summed E-state index contributed by atoms with van der Waals surface area (Å²) in [7, 11) is 0. The second-order valence-corrected chi connectivity index (χ2v) is 7.31. The van der Waals surface area contributed by atoms with E-state index in [0.29, 0.717) is 32.1 Å². The van der Waals surface area contributed by atoms with E-state index in [9.17, 15) is 9.59 Å². The van der Waals surface area contributed by atoms with Gasteiger partial charge in [0.25, 0.3) is 0 Å². The highest BCUT2D eigenvalue weighted by atomic mass is 16.5. The van der Waals surface area contributed by atoms with Gasteiger partial charge in [-0.05, 0) is 43.8 Å². The molecule has 0 unspecified atom stereocenters. The van der Waals surface area contributed by atoms with Crippen LogP contribution in [0, 0.1) is 0 Å². The highest BCUT2D eigenvalue weighted by molar-refractivity contribution is 5.78. The highest BCUT2D eigenvalue weighted by Gasteiger charge is 2.29. The first-order valence-electron chi connectivity index (χ1n) is 9.66. The van der Waals surface area contributed by atoms with Crippen LogP contribution in [0.1, 0.15) is 30.7 Å². The summed E-state index contributed by atoms with van der Waals surface area (Å²) in [5.74, 6) is 0.0352. The molecule has 2 fully saturated rings. The molecule has 3 rings (SSSR count). The molecule has 27 heavy (non-hydrogen) atoms. The maximum absolute atomic E-state index is 12.5. The van der Waals surface area contributed by atoms with Crippen LogP contribution in [0.15, 0.2) is 30.3 Å². The lowest BCUT2D eigenvalue weighted by Crippen LogP contribution is -2.53. The van der Waals surface area contributed by atoms with Crippen LogP contribution in [0.3, 0.4) is 0 Å². The molecule has 2 aliphatic heterocycles. The molecule has 148 valence electrons. The van der Waals surface area contributed by atoms with Gasteiger partial charge in [0.05, 0.1) is 25.3 Å². The molecule has 0 bridgehead atoms. The number of nitrogens with two attached hydrogens (primary N) is 1. The zero-order valence-electron chi connectivity index (χ0n) is 15.6. The molecule has 1 aromatic rings. The summed E-state index contributed by atoms with van der Waals surface area (Å²) in [5, 5.41) is 3.00. The Morgan fingerprint density at radius 1 is 1.19 bits per heavy atom. The van der Waals surface area contributed by atoms with E-state index in [1.807, 2.05) is 6.07 Å². The summed E-state index contributed by atoms with van der Waals surface area (Å²) in [6.45, 7) is 3.02. The summed E-state index contributed by atoms with van der Waals surface area (Å²) in [5.41, 5.74) is 6.53. The summed E-state index contributed by atoms with van der Waals surface area (Å²) in [6, 6.07) is 10.3. The average Bonchev–Trinajstić information content (AvgIpc) is 2.68. The number of hydrogen-bond donors (Lipinski definition) is 2. The molecular weight excluding hydrogens is 346 g/mol. The van der Waals surface area contributed by atoms with Crippen molar-refractivity contribution in [2.75, 3.05) is 39.5 Å². The SMILES string of the molecule is NC(=O)CO[C@H]1CCOC[C@H]1NC(=O)CN1CCC(c2ccccc2)CC1. The van der Waals surface area contributed by atoms with Crippen LogP contribution in [-0.2, 0) is 19.1 Å². The molecule has 2 amide bonds. The molecule has 2 atom stereocenters. The van der Waals surface area contributed by atoms with Gasteiger partial charge in [-0.2, -0.15) is 0 Å². The van der Waals surface area contributed by atoms with Crippen molar-refractivity contribution < 1.29 is 19.1 Å². The highest BCUT2D eigenvalue weighted by Crippen LogP contribution is 2.27.